The molecule has 0 amide bonds. The minimum absolute atomic E-state index is 0.264. The Labute approximate surface area is 172 Å². The Balaban J connectivity index is 1.59. The first kappa shape index (κ1) is 18.2. The number of pyridine rings is 1. The van der Waals surface area contributed by atoms with Crippen molar-refractivity contribution in [2.45, 2.75) is 18.1 Å². The van der Waals surface area contributed by atoms with Crippen LogP contribution in [-0.4, -0.2) is 19.6 Å². The highest BCUT2D eigenvalue weighted by Crippen LogP contribution is 2.47. The molecule has 4 aromatic rings. The third-order valence-electron chi connectivity index (χ3n) is 5.76. The highest BCUT2D eigenvalue weighted by Gasteiger charge is 2.45. The molecule has 0 aliphatic carbocycles. The fourth-order valence-corrected chi connectivity index (χ4v) is 4.25. The van der Waals surface area contributed by atoms with Gasteiger partial charge in [-0.3, -0.25) is 4.98 Å². The van der Waals surface area contributed by atoms with E-state index >= 15 is 0 Å². The largest absolute Gasteiger partial charge is 0.379 e. The summed E-state index contributed by atoms with van der Waals surface area (Å²) in [4.78, 5) is 8.26. The van der Waals surface area contributed by atoms with E-state index in [-0.39, 0.29) is 12.0 Å². The molecule has 146 valence electrons. The summed E-state index contributed by atoms with van der Waals surface area (Å²) >= 11 is 0. The van der Waals surface area contributed by atoms with E-state index in [1.807, 2.05) is 47.0 Å². The molecule has 30 heavy (non-hydrogen) atoms. The molecule has 0 radical (unpaired) electrons. The molecule has 2 atom stereocenters. The summed E-state index contributed by atoms with van der Waals surface area (Å²) in [6.07, 6.45) is 6.96. The molecule has 0 fully saturated rings. The lowest BCUT2D eigenvalue weighted by Crippen LogP contribution is -2.24. The number of hydrogen-bond acceptors (Lipinski definition) is 4. The summed E-state index contributed by atoms with van der Waals surface area (Å²) in [5.41, 5.74) is 2.66. The molecule has 0 spiro atoms. The summed E-state index contributed by atoms with van der Waals surface area (Å²) < 4.78 is 16.6. The van der Waals surface area contributed by atoms with Gasteiger partial charge in [-0.05, 0) is 47.0 Å². The SMILES string of the molecule is N#Cc1ccc(C2CC(O)(c3cccc(-c4ccncc4)c3)c3cncn32)c(F)c1. The second kappa shape index (κ2) is 6.90. The van der Waals surface area contributed by atoms with E-state index in [1.54, 1.807) is 37.1 Å². The molecule has 2 unspecified atom stereocenters. The van der Waals surface area contributed by atoms with E-state index in [0.717, 1.165) is 16.7 Å². The van der Waals surface area contributed by atoms with Gasteiger partial charge in [0.15, 0.2) is 0 Å². The number of rotatable bonds is 3. The van der Waals surface area contributed by atoms with Crippen LogP contribution in [0.1, 0.15) is 34.8 Å². The van der Waals surface area contributed by atoms with Crippen molar-refractivity contribution in [3.05, 3.63) is 108 Å². The lowest BCUT2D eigenvalue weighted by Gasteiger charge is -2.24. The zero-order valence-electron chi connectivity index (χ0n) is 15.9. The Kier molecular flexibility index (Phi) is 4.19. The standard InChI is InChI=1S/C24H17FN4O/c25-21-10-16(13-26)4-5-20(21)22-12-24(30,23-14-28-15-29(22)23)19-3-1-2-18(11-19)17-6-8-27-9-7-17/h1-11,14-15,22,30H,12H2. The Morgan fingerprint density at radius 3 is 2.67 bits per heavy atom. The van der Waals surface area contributed by atoms with Crippen LogP contribution >= 0.6 is 0 Å². The van der Waals surface area contributed by atoms with E-state index in [1.165, 1.54) is 6.07 Å². The number of halogens is 1. The zero-order valence-corrected chi connectivity index (χ0v) is 15.9. The summed E-state index contributed by atoms with van der Waals surface area (Å²) in [5, 5.41) is 20.8. The van der Waals surface area contributed by atoms with Gasteiger partial charge in [-0.15, -0.1) is 0 Å². The van der Waals surface area contributed by atoms with Crippen LogP contribution in [0.15, 0.2) is 79.5 Å². The molecule has 2 aromatic carbocycles. The normalized spacial score (nSPS) is 20.0. The molecule has 1 aliphatic heterocycles. The first-order valence-corrected chi connectivity index (χ1v) is 9.55. The van der Waals surface area contributed by atoms with Crippen molar-refractivity contribution < 1.29 is 9.50 Å². The highest BCUT2D eigenvalue weighted by molar-refractivity contribution is 5.64. The fraction of sp³-hybridized carbons (Fsp3) is 0.125. The quantitative estimate of drug-likeness (QED) is 0.564. The van der Waals surface area contributed by atoms with Gasteiger partial charge in [0.25, 0.3) is 0 Å². The molecule has 1 N–H and O–H groups in total. The van der Waals surface area contributed by atoms with Crippen molar-refractivity contribution >= 4 is 0 Å². The van der Waals surface area contributed by atoms with Crippen LogP contribution in [0, 0.1) is 17.1 Å². The van der Waals surface area contributed by atoms with Crippen LogP contribution in [0.2, 0.25) is 0 Å². The Hall–Kier alpha value is -3.82. The maximum Gasteiger partial charge on any atom is 0.133 e. The minimum atomic E-state index is -1.31. The van der Waals surface area contributed by atoms with Gasteiger partial charge in [0.1, 0.15) is 11.4 Å². The molecule has 2 aromatic heterocycles. The number of nitrogens with zero attached hydrogens (tertiary/aromatic N) is 4. The zero-order chi connectivity index (χ0) is 20.7. The number of nitriles is 1. The summed E-state index contributed by atoms with van der Waals surface area (Å²) in [7, 11) is 0. The first-order chi connectivity index (χ1) is 14.6. The number of hydrogen-bond donors (Lipinski definition) is 1. The van der Waals surface area contributed by atoms with Gasteiger partial charge in [-0.2, -0.15) is 5.26 Å². The lowest BCUT2D eigenvalue weighted by atomic mass is 9.85. The number of aromatic nitrogens is 3. The molecule has 3 heterocycles. The smallest absolute Gasteiger partial charge is 0.133 e. The van der Waals surface area contributed by atoms with Crippen molar-refractivity contribution in [1.29, 1.82) is 5.26 Å². The Morgan fingerprint density at radius 2 is 1.90 bits per heavy atom. The number of fused-ring (bicyclic) bond motifs is 1. The van der Waals surface area contributed by atoms with Crippen LogP contribution < -0.4 is 0 Å². The molecule has 6 heteroatoms. The third-order valence-corrected chi connectivity index (χ3v) is 5.76. The summed E-state index contributed by atoms with van der Waals surface area (Å²) in [6, 6.07) is 17.5. The van der Waals surface area contributed by atoms with E-state index in [4.69, 9.17) is 5.26 Å². The Bertz CT molecular complexity index is 1280. The summed E-state index contributed by atoms with van der Waals surface area (Å²) in [6.45, 7) is 0. The van der Waals surface area contributed by atoms with Crippen LogP contribution in [0.5, 0.6) is 0 Å². The fourth-order valence-electron chi connectivity index (χ4n) is 4.25. The second-order valence-electron chi connectivity index (χ2n) is 7.43. The van der Waals surface area contributed by atoms with Crippen molar-refractivity contribution in [3.63, 3.8) is 0 Å². The topological polar surface area (TPSA) is 74.7 Å². The van der Waals surface area contributed by atoms with Crippen molar-refractivity contribution in [1.82, 2.24) is 14.5 Å². The van der Waals surface area contributed by atoms with E-state index in [2.05, 4.69) is 9.97 Å². The van der Waals surface area contributed by atoms with Gasteiger partial charge in [-0.25, -0.2) is 9.37 Å². The molecule has 0 bridgehead atoms. The maximum absolute atomic E-state index is 14.8. The molecular weight excluding hydrogens is 379 g/mol. The Morgan fingerprint density at radius 1 is 1.07 bits per heavy atom. The van der Waals surface area contributed by atoms with Crippen molar-refractivity contribution in [2.24, 2.45) is 0 Å². The molecular formula is C24H17FN4O. The second-order valence-corrected chi connectivity index (χ2v) is 7.43. The van der Waals surface area contributed by atoms with Gasteiger partial charge in [0.05, 0.1) is 35.9 Å². The van der Waals surface area contributed by atoms with E-state index in [9.17, 15) is 9.50 Å². The van der Waals surface area contributed by atoms with Gasteiger partial charge >= 0.3 is 0 Å². The number of aliphatic hydroxyl groups is 1. The molecule has 1 aliphatic rings. The molecule has 5 rings (SSSR count). The van der Waals surface area contributed by atoms with Gasteiger partial charge in [0, 0.05) is 24.4 Å². The van der Waals surface area contributed by atoms with Crippen LogP contribution in [0.4, 0.5) is 4.39 Å². The van der Waals surface area contributed by atoms with E-state index < -0.39 is 17.5 Å². The average molecular weight is 396 g/mol. The first-order valence-electron chi connectivity index (χ1n) is 9.55. The predicted octanol–water partition coefficient (Wildman–Crippen LogP) is 4.18. The van der Waals surface area contributed by atoms with Gasteiger partial charge < -0.3 is 9.67 Å². The molecule has 0 saturated carbocycles. The third kappa shape index (κ3) is 2.79. The monoisotopic (exact) mass is 396 g/mol. The van der Waals surface area contributed by atoms with Gasteiger partial charge in [-0.1, -0.05) is 24.3 Å². The van der Waals surface area contributed by atoms with Gasteiger partial charge in [0.2, 0.25) is 0 Å². The average Bonchev–Trinajstić information content (AvgIpc) is 3.38. The van der Waals surface area contributed by atoms with Crippen LogP contribution in [0.3, 0.4) is 0 Å². The summed E-state index contributed by atoms with van der Waals surface area (Å²) in [5.74, 6) is -0.464. The minimum Gasteiger partial charge on any atom is -0.379 e. The van der Waals surface area contributed by atoms with Crippen LogP contribution in [-0.2, 0) is 5.60 Å². The molecule has 5 nitrogen and oxygen atoms in total. The number of benzene rings is 2. The number of imidazole rings is 1. The van der Waals surface area contributed by atoms with Crippen molar-refractivity contribution in [3.8, 4) is 17.2 Å². The van der Waals surface area contributed by atoms with E-state index in [0.29, 0.717) is 11.3 Å². The van der Waals surface area contributed by atoms with Crippen LogP contribution in [0.25, 0.3) is 11.1 Å². The maximum atomic E-state index is 14.8. The predicted molar refractivity (Wildman–Crippen MR) is 109 cm³/mol. The lowest BCUT2D eigenvalue weighted by molar-refractivity contribution is 0.0793. The highest BCUT2D eigenvalue weighted by atomic mass is 19.1. The van der Waals surface area contributed by atoms with Crippen molar-refractivity contribution in [2.75, 3.05) is 0 Å². The molecule has 0 saturated heterocycles.